The van der Waals surface area contributed by atoms with Crippen molar-refractivity contribution in [2.75, 3.05) is 0 Å². The van der Waals surface area contributed by atoms with E-state index in [1.165, 1.54) is 16.8 Å². The third-order valence-corrected chi connectivity index (χ3v) is 9.30. The Morgan fingerprint density at radius 2 is 1.16 bits per heavy atom. The molecule has 0 fully saturated rings. The van der Waals surface area contributed by atoms with Crippen molar-refractivity contribution in [3.8, 4) is 51.0 Å². The molecule has 0 bridgehead atoms. The fourth-order valence-corrected chi connectivity index (χ4v) is 6.96. The Morgan fingerprint density at radius 1 is 0.560 bits per heavy atom. The van der Waals surface area contributed by atoms with Gasteiger partial charge in [-0.3, -0.25) is 9.55 Å². The van der Waals surface area contributed by atoms with Gasteiger partial charge < -0.3 is 9.67 Å². The van der Waals surface area contributed by atoms with Crippen LogP contribution < -0.4 is 0 Å². The maximum absolute atomic E-state index is 10.9. The normalized spacial score (nSPS) is 11.5. The van der Waals surface area contributed by atoms with Crippen molar-refractivity contribution < 1.29 is 27.6 Å². The van der Waals surface area contributed by atoms with E-state index < -0.39 is 0 Å². The number of fused-ring (bicyclic) bond motifs is 2. The zero-order valence-corrected chi connectivity index (χ0v) is 30.7. The first kappa shape index (κ1) is 33.3. The Balaban J connectivity index is 0.00000224. The number of benzene rings is 6. The van der Waals surface area contributed by atoms with Crippen molar-refractivity contribution in [1.29, 1.82) is 0 Å². The van der Waals surface area contributed by atoms with Crippen molar-refractivity contribution in [2.45, 2.75) is 39.5 Å². The molecule has 6 aromatic carbocycles. The quantitative estimate of drug-likeness (QED) is 0.163. The third-order valence-electron chi connectivity index (χ3n) is 9.30. The van der Waals surface area contributed by atoms with E-state index in [9.17, 15) is 5.11 Å². The van der Waals surface area contributed by atoms with Crippen molar-refractivity contribution in [2.24, 2.45) is 0 Å². The van der Waals surface area contributed by atoms with Gasteiger partial charge in [-0.25, -0.2) is 4.98 Å². The third kappa shape index (κ3) is 5.66. The summed E-state index contributed by atoms with van der Waals surface area (Å²) in [5, 5.41) is 10.9. The molecule has 0 radical (unpaired) electrons. The van der Waals surface area contributed by atoms with Crippen molar-refractivity contribution in [1.82, 2.24) is 19.1 Å². The molecule has 0 saturated carbocycles. The first-order valence-electron chi connectivity index (χ1n) is 16.9. The number of imidazole rings is 2. The molecule has 6 heteroatoms. The molecule has 0 atom stereocenters. The number of hydrogen-bond acceptors (Lipinski definition) is 3. The molecular formula is C44H39N4OPt-. The van der Waals surface area contributed by atoms with Gasteiger partial charge in [-0.1, -0.05) is 112 Å². The fraction of sp³-hybridized carbons (Fsp3) is 0.136. The second-order valence-corrected chi connectivity index (χ2v) is 13.1. The Morgan fingerprint density at radius 3 is 1.90 bits per heavy atom. The standard InChI is InChI=1S/C44H37N4O.Pt.H2/c1-28(2)33-20-13-21-34(29(3)4)42(33)48-38-24-10-9-23-37(38)45-43(48)31-16-12-15-30(27-31)35-22-14-25-39-41(35)46-44(36-19-8-11-26-40(36)49)47(39)32-17-6-5-7-18-32;;/h5-26,28-29,49H,1-4H3;;1H/q-1;;/i;;1+1. The molecule has 252 valence electrons. The minimum Gasteiger partial charge on any atom is -0.507 e. The van der Waals surface area contributed by atoms with E-state index in [0.717, 1.165) is 50.3 Å². The number of para-hydroxylation sites is 6. The topological polar surface area (TPSA) is 55.9 Å². The minimum absolute atomic E-state index is 0. The SMILES string of the molecule is CC(C)c1cccc(C(C)C)c1-n1c(-c2[c-]c(-c3cccc4c3nc(-c3ccccc3O)n4-c3ccccc3)ccc2)nc2ccccc21.[2HH].[Pt]. The molecule has 8 rings (SSSR count). The molecule has 1 N–H and O–H groups in total. The number of phenols is 1. The van der Waals surface area contributed by atoms with Crippen LogP contribution in [0.2, 0.25) is 0 Å². The summed E-state index contributed by atoms with van der Waals surface area (Å²) in [6.45, 7) is 9.03. The average molecular weight is 836 g/mol. The first-order chi connectivity index (χ1) is 23.9. The minimum atomic E-state index is 0. The molecule has 0 amide bonds. The van der Waals surface area contributed by atoms with Gasteiger partial charge in [0, 0.05) is 33.9 Å². The summed E-state index contributed by atoms with van der Waals surface area (Å²) in [6.07, 6.45) is 0. The molecule has 2 heterocycles. The van der Waals surface area contributed by atoms with E-state index in [4.69, 9.17) is 9.97 Å². The predicted octanol–water partition coefficient (Wildman–Crippen LogP) is 11.4. The van der Waals surface area contributed by atoms with Crippen molar-refractivity contribution in [3.63, 3.8) is 0 Å². The Kier molecular flexibility index (Phi) is 9.03. The zero-order chi connectivity index (χ0) is 33.6. The summed E-state index contributed by atoms with van der Waals surface area (Å²) < 4.78 is 4.46. The van der Waals surface area contributed by atoms with Gasteiger partial charge in [0.25, 0.3) is 0 Å². The van der Waals surface area contributed by atoms with Crippen LogP contribution in [-0.2, 0) is 21.1 Å². The number of nitrogens with zero attached hydrogens (tertiary/aromatic N) is 4. The molecule has 50 heavy (non-hydrogen) atoms. The summed E-state index contributed by atoms with van der Waals surface area (Å²) in [5.41, 5.74) is 12.0. The van der Waals surface area contributed by atoms with Crippen LogP contribution in [0.1, 0.15) is 52.1 Å². The van der Waals surface area contributed by atoms with E-state index in [0.29, 0.717) is 23.2 Å². The van der Waals surface area contributed by atoms with Gasteiger partial charge in [0.05, 0.1) is 33.5 Å². The summed E-state index contributed by atoms with van der Waals surface area (Å²) in [4.78, 5) is 10.5. The van der Waals surface area contributed by atoms with Gasteiger partial charge in [0.1, 0.15) is 11.6 Å². The van der Waals surface area contributed by atoms with Crippen molar-refractivity contribution >= 4 is 22.1 Å². The number of rotatable bonds is 7. The largest absolute Gasteiger partial charge is 0.507 e. The van der Waals surface area contributed by atoms with E-state index >= 15 is 0 Å². The molecule has 2 aromatic heterocycles. The first-order valence-corrected chi connectivity index (χ1v) is 16.9. The summed E-state index contributed by atoms with van der Waals surface area (Å²) in [5.74, 6) is 2.37. The van der Waals surface area contributed by atoms with E-state index in [1.54, 1.807) is 6.07 Å². The number of phenolic OH excluding ortho intramolecular Hbond substituents is 1. The van der Waals surface area contributed by atoms with Crippen LogP contribution in [0.3, 0.4) is 0 Å². The number of hydrogen-bond donors (Lipinski definition) is 1. The van der Waals surface area contributed by atoms with Gasteiger partial charge in [0.15, 0.2) is 0 Å². The summed E-state index contributed by atoms with van der Waals surface area (Å²) in [7, 11) is 0. The van der Waals surface area contributed by atoms with E-state index in [-0.39, 0.29) is 28.2 Å². The molecular weight excluding hydrogens is 796 g/mol. The molecule has 8 aromatic rings. The van der Waals surface area contributed by atoms with Crippen LogP contribution in [0, 0.1) is 6.07 Å². The van der Waals surface area contributed by atoms with Crippen LogP contribution in [0.25, 0.3) is 67.3 Å². The number of aromatic hydroxyl groups is 1. The molecule has 5 nitrogen and oxygen atoms in total. The molecule has 0 aliphatic rings. The number of aromatic nitrogens is 4. The molecule has 0 saturated heterocycles. The maximum Gasteiger partial charge on any atom is 0.148 e. The van der Waals surface area contributed by atoms with E-state index in [1.807, 2.05) is 42.5 Å². The molecule has 0 aliphatic carbocycles. The summed E-state index contributed by atoms with van der Waals surface area (Å²) >= 11 is 0. The van der Waals surface area contributed by atoms with Gasteiger partial charge in [-0.2, -0.15) is 0 Å². The molecule has 0 aliphatic heterocycles. The monoisotopic (exact) mass is 835 g/mol. The average Bonchev–Trinajstić information content (AvgIpc) is 3.71. The second kappa shape index (κ2) is 13.6. The maximum atomic E-state index is 10.9. The van der Waals surface area contributed by atoms with Gasteiger partial charge in [-0.15, -0.1) is 29.8 Å². The molecule has 0 unspecified atom stereocenters. The van der Waals surface area contributed by atoms with Gasteiger partial charge in [0.2, 0.25) is 0 Å². The smallest absolute Gasteiger partial charge is 0.148 e. The Labute approximate surface area is 308 Å². The van der Waals surface area contributed by atoms with E-state index in [2.05, 4.69) is 128 Å². The fourth-order valence-electron chi connectivity index (χ4n) is 6.96. The second-order valence-electron chi connectivity index (χ2n) is 13.1. The predicted molar refractivity (Wildman–Crippen MR) is 203 cm³/mol. The Hall–Kier alpha value is -5.25. The zero-order valence-electron chi connectivity index (χ0n) is 28.4. The van der Waals surface area contributed by atoms with Crippen molar-refractivity contribution in [3.05, 3.63) is 151 Å². The van der Waals surface area contributed by atoms with Crippen LogP contribution in [0.5, 0.6) is 5.75 Å². The van der Waals surface area contributed by atoms with Gasteiger partial charge >= 0.3 is 0 Å². The summed E-state index contributed by atoms with van der Waals surface area (Å²) in [6, 6.07) is 48.9. The van der Waals surface area contributed by atoms with Crippen LogP contribution in [0.15, 0.2) is 133 Å². The van der Waals surface area contributed by atoms with Gasteiger partial charge in [-0.05, 0) is 65.4 Å². The Bertz CT molecular complexity index is 2460. The van der Waals surface area contributed by atoms with Crippen LogP contribution in [-0.4, -0.2) is 24.2 Å². The van der Waals surface area contributed by atoms with Crippen LogP contribution >= 0.6 is 0 Å². The van der Waals surface area contributed by atoms with Crippen LogP contribution in [0.4, 0.5) is 0 Å². The molecule has 0 spiro atoms.